The highest BCUT2D eigenvalue weighted by molar-refractivity contribution is 6.34. The molecule has 0 unspecified atom stereocenters. The van der Waals surface area contributed by atoms with Gasteiger partial charge in [0.05, 0.1) is 16.9 Å². The van der Waals surface area contributed by atoms with E-state index in [9.17, 15) is 4.79 Å². The van der Waals surface area contributed by atoms with Crippen molar-refractivity contribution in [1.82, 2.24) is 9.99 Å². The van der Waals surface area contributed by atoms with Gasteiger partial charge < -0.3 is 8.98 Å². The Morgan fingerprint density at radius 2 is 1.90 bits per heavy atom. The van der Waals surface area contributed by atoms with Gasteiger partial charge in [-0.25, -0.2) is 5.43 Å². The molecule has 2 aromatic heterocycles. The molecule has 0 atom stereocenters. The number of carbonyl (C=O) groups is 1. The van der Waals surface area contributed by atoms with Crippen LogP contribution in [0, 0.1) is 13.8 Å². The molecule has 0 saturated heterocycles. The van der Waals surface area contributed by atoms with Gasteiger partial charge in [0.2, 0.25) is 0 Å². The number of para-hydroxylation sites is 1. The van der Waals surface area contributed by atoms with Crippen LogP contribution in [0.25, 0.3) is 16.7 Å². The highest BCUT2D eigenvalue weighted by Crippen LogP contribution is 2.28. The Morgan fingerprint density at radius 3 is 2.69 bits per heavy atom. The Hall–Kier alpha value is -3.02. The minimum atomic E-state index is -0.413. The maximum Gasteiger partial charge on any atom is 0.307 e. The quantitative estimate of drug-likeness (QED) is 0.326. The molecule has 29 heavy (non-hydrogen) atoms. The molecular weight excluding hydrogens is 409 g/mol. The Kier molecular flexibility index (Phi) is 5.18. The van der Waals surface area contributed by atoms with Gasteiger partial charge in [-0.05, 0) is 50.2 Å². The van der Waals surface area contributed by atoms with E-state index in [-0.39, 0.29) is 5.76 Å². The smallest absolute Gasteiger partial charge is 0.307 e. The van der Waals surface area contributed by atoms with Gasteiger partial charge in [-0.1, -0.05) is 41.4 Å². The van der Waals surface area contributed by atoms with Crippen molar-refractivity contribution < 1.29 is 9.21 Å². The Labute approximate surface area is 177 Å². The number of aryl methyl sites for hydroxylation is 1. The number of hydrogen-bond acceptors (Lipinski definition) is 3. The predicted octanol–water partition coefficient (Wildman–Crippen LogP) is 5.91. The van der Waals surface area contributed by atoms with Crippen molar-refractivity contribution in [3.05, 3.63) is 87.4 Å². The van der Waals surface area contributed by atoms with E-state index in [1.807, 2.05) is 54.8 Å². The van der Waals surface area contributed by atoms with E-state index in [4.69, 9.17) is 27.6 Å². The zero-order valence-corrected chi connectivity index (χ0v) is 17.3. The molecule has 1 N–H and O–H groups in total. The number of rotatable bonds is 4. The molecule has 0 saturated carbocycles. The monoisotopic (exact) mass is 425 g/mol. The molecule has 0 bridgehead atoms. The van der Waals surface area contributed by atoms with Gasteiger partial charge in [-0.3, -0.25) is 4.79 Å². The van der Waals surface area contributed by atoms with E-state index in [0.29, 0.717) is 15.6 Å². The zero-order valence-electron chi connectivity index (χ0n) is 15.7. The van der Waals surface area contributed by atoms with E-state index in [1.165, 1.54) is 0 Å². The molecule has 0 aliphatic carbocycles. The molecule has 2 aromatic carbocycles. The molecule has 146 valence electrons. The second-order valence-corrected chi connectivity index (χ2v) is 7.45. The molecule has 0 radical (unpaired) electrons. The molecule has 0 aliphatic rings. The molecule has 1 amide bonds. The van der Waals surface area contributed by atoms with Crippen molar-refractivity contribution in [3.63, 3.8) is 0 Å². The average molecular weight is 426 g/mol. The van der Waals surface area contributed by atoms with Crippen LogP contribution in [0.2, 0.25) is 10.0 Å². The van der Waals surface area contributed by atoms with Crippen molar-refractivity contribution in [2.75, 3.05) is 0 Å². The fraction of sp³-hybridized carbons (Fsp3) is 0.0909. The molecule has 7 heteroatoms. The third kappa shape index (κ3) is 3.79. The van der Waals surface area contributed by atoms with E-state index >= 15 is 0 Å². The maximum absolute atomic E-state index is 12.3. The lowest BCUT2D eigenvalue weighted by atomic mass is 10.2. The number of hydrazone groups is 1. The largest absolute Gasteiger partial charge is 0.451 e. The third-order valence-corrected chi connectivity index (χ3v) is 5.19. The van der Waals surface area contributed by atoms with Gasteiger partial charge in [0, 0.05) is 27.4 Å². The van der Waals surface area contributed by atoms with Crippen LogP contribution in [0.1, 0.15) is 27.5 Å². The summed E-state index contributed by atoms with van der Waals surface area (Å²) in [6.45, 7) is 3.92. The number of nitrogens with one attached hydrogen (secondary N) is 1. The second-order valence-electron chi connectivity index (χ2n) is 6.61. The Morgan fingerprint density at radius 1 is 1.10 bits per heavy atom. The molecule has 4 aromatic rings. The van der Waals surface area contributed by atoms with E-state index < -0.39 is 5.91 Å². The molecule has 4 rings (SSSR count). The van der Waals surface area contributed by atoms with Crippen LogP contribution in [0.5, 0.6) is 0 Å². The summed E-state index contributed by atoms with van der Waals surface area (Å²) in [7, 11) is 0. The van der Waals surface area contributed by atoms with E-state index in [0.717, 1.165) is 28.0 Å². The summed E-state index contributed by atoms with van der Waals surface area (Å²) < 4.78 is 7.54. The first kappa shape index (κ1) is 19.3. The average Bonchev–Trinajstić information content (AvgIpc) is 3.25. The van der Waals surface area contributed by atoms with Crippen LogP contribution in [0.15, 0.2) is 64.1 Å². The van der Waals surface area contributed by atoms with Crippen LogP contribution < -0.4 is 5.43 Å². The molecular formula is C22H17Cl2N3O2. The SMILES string of the molecule is Cc1cc(/C=N/NC(=O)c2cc3ccccc3o2)c(C)n1-c1cc(Cl)ccc1Cl. The predicted molar refractivity (Wildman–Crippen MR) is 117 cm³/mol. The molecule has 5 nitrogen and oxygen atoms in total. The number of hydrogen-bond donors (Lipinski definition) is 1. The van der Waals surface area contributed by atoms with Crippen molar-refractivity contribution in [2.24, 2.45) is 5.10 Å². The first-order chi connectivity index (χ1) is 13.9. The Balaban J connectivity index is 1.56. The van der Waals surface area contributed by atoms with E-state index in [1.54, 1.807) is 24.4 Å². The standard InChI is InChI=1S/C22H17Cl2N3O2/c1-13-9-16(14(2)27(13)19-11-17(23)7-8-18(19)24)12-25-26-22(28)21-10-15-5-3-4-6-20(15)29-21/h3-12H,1-2H3,(H,26,28)/b25-12+. The fourth-order valence-corrected chi connectivity index (χ4v) is 3.62. The van der Waals surface area contributed by atoms with Crippen molar-refractivity contribution in [1.29, 1.82) is 0 Å². The normalized spacial score (nSPS) is 11.4. The summed E-state index contributed by atoms with van der Waals surface area (Å²) >= 11 is 12.5. The van der Waals surface area contributed by atoms with Gasteiger partial charge in [0.15, 0.2) is 5.76 Å². The highest BCUT2D eigenvalue weighted by Gasteiger charge is 2.14. The third-order valence-electron chi connectivity index (χ3n) is 4.64. The minimum absolute atomic E-state index is 0.208. The first-order valence-electron chi connectivity index (χ1n) is 8.90. The maximum atomic E-state index is 12.3. The number of halogens is 2. The van der Waals surface area contributed by atoms with Crippen molar-refractivity contribution >= 4 is 46.3 Å². The fourth-order valence-electron chi connectivity index (χ4n) is 3.26. The number of fused-ring (bicyclic) bond motifs is 1. The van der Waals surface area contributed by atoms with E-state index in [2.05, 4.69) is 10.5 Å². The zero-order chi connectivity index (χ0) is 20.5. The van der Waals surface area contributed by atoms with Gasteiger partial charge in [0.25, 0.3) is 0 Å². The lowest BCUT2D eigenvalue weighted by molar-refractivity contribution is 0.0929. The van der Waals surface area contributed by atoms with Gasteiger partial charge in [0.1, 0.15) is 5.58 Å². The summed E-state index contributed by atoms with van der Waals surface area (Å²) in [6, 6.07) is 16.4. The summed E-state index contributed by atoms with van der Waals surface area (Å²) in [5.74, 6) is -0.205. The van der Waals surface area contributed by atoms with Crippen molar-refractivity contribution in [3.8, 4) is 5.69 Å². The number of carbonyl (C=O) groups excluding carboxylic acids is 1. The Bertz CT molecular complexity index is 1220. The minimum Gasteiger partial charge on any atom is -0.451 e. The molecule has 0 spiro atoms. The topological polar surface area (TPSA) is 59.5 Å². The van der Waals surface area contributed by atoms with Crippen LogP contribution in [0.4, 0.5) is 0 Å². The second kappa shape index (κ2) is 7.78. The number of benzene rings is 2. The molecule has 2 heterocycles. The lowest BCUT2D eigenvalue weighted by Gasteiger charge is -2.12. The number of nitrogens with zero attached hydrogens (tertiary/aromatic N) is 2. The van der Waals surface area contributed by atoms with Crippen LogP contribution >= 0.6 is 23.2 Å². The summed E-state index contributed by atoms with van der Waals surface area (Å²) in [5.41, 5.74) is 6.70. The summed E-state index contributed by atoms with van der Waals surface area (Å²) in [6.07, 6.45) is 1.60. The molecule has 0 aliphatic heterocycles. The van der Waals surface area contributed by atoms with Crippen molar-refractivity contribution in [2.45, 2.75) is 13.8 Å². The van der Waals surface area contributed by atoms with Gasteiger partial charge >= 0.3 is 5.91 Å². The number of furan rings is 1. The summed E-state index contributed by atoms with van der Waals surface area (Å²) in [5, 5.41) is 6.14. The van der Waals surface area contributed by atoms with Gasteiger partial charge in [-0.15, -0.1) is 0 Å². The van der Waals surface area contributed by atoms with Crippen LogP contribution in [-0.4, -0.2) is 16.7 Å². The lowest BCUT2D eigenvalue weighted by Crippen LogP contribution is -2.16. The van der Waals surface area contributed by atoms with Crippen LogP contribution in [-0.2, 0) is 0 Å². The highest BCUT2D eigenvalue weighted by atomic mass is 35.5. The van der Waals surface area contributed by atoms with Crippen LogP contribution in [0.3, 0.4) is 0 Å². The van der Waals surface area contributed by atoms with Gasteiger partial charge in [-0.2, -0.15) is 5.10 Å². The molecule has 0 fully saturated rings. The summed E-state index contributed by atoms with van der Waals surface area (Å²) in [4.78, 5) is 12.3. The number of aromatic nitrogens is 1. The first-order valence-corrected chi connectivity index (χ1v) is 9.66. The number of amides is 1.